The Bertz CT molecular complexity index is 674. The lowest BCUT2D eigenvalue weighted by Gasteiger charge is -2.45. The minimum atomic E-state index is -0.816. The van der Waals surface area contributed by atoms with Gasteiger partial charge in [0.15, 0.2) is 0 Å². The third-order valence-electron chi connectivity index (χ3n) is 4.78. The molecule has 3 rings (SSSR count). The van der Waals surface area contributed by atoms with Crippen LogP contribution in [0.4, 0.5) is 4.39 Å². The van der Waals surface area contributed by atoms with E-state index in [9.17, 15) is 9.18 Å². The van der Waals surface area contributed by atoms with E-state index in [2.05, 4.69) is 0 Å². The Morgan fingerprint density at radius 3 is 2.39 bits per heavy atom. The van der Waals surface area contributed by atoms with Gasteiger partial charge in [-0.25, -0.2) is 4.39 Å². The predicted molar refractivity (Wildman–Crippen MR) is 86.2 cm³/mol. The summed E-state index contributed by atoms with van der Waals surface area (Å²) in [5, 5.41) is 8.48. The van der Waals surface area contributed by atoms with Crippen molar-refractivity contribution in [1.29, 1.82) is 5.41 Å². The minimum Gasteiger partial charge on any atom is -0.402 e. The lowest BCUT2D eigenvalue weighted by Crippen LogP contribution is -2.60. The van der Waals surface area contributed by atoms with Crippen LogP contribution in [-0.4, -0.2) is 28.7 Å². The van der Waals surface area contributed by atoms with Gasteiger partial charge in [0.05, 0.1) is 6.04 Å². The normalized spacial score (nSPS) is 27.9. The zero-order chi connectivity index (χ0) is 16.7. The Morgan fingerprint density at radius 1 is 1.30 bits per heavy atom. The highest BCUT2D eigenvalue weighted by atomic mass is 19.1. The molecule has 0 bridgehead atoms. The lowest BCUT2D eigenvalue weighted by atomic mass is 9.77. The van der Waals surface area contributed by atoms with E-state index in [1.54, 1.807) is 19.1 Å². The third-order valence-corrected chi connectivity index (χ3v) is 4.78. The smallest absolute Gasteiger partial charge is 0.246 e. The molecule has 6 heteroatoms. The van der Waals surface area contributed by atoms with E-state index < -0.39 is 12.0 Å². The molecule has 1 aliphatic heterocycles. The number of amidine groups is 1. The second-order valence-corrected chi connectivity index (χ2v) is 6.29. The maximum atomic E-state index is 13.2. The summed E-state index contributed by atoms with van der Waals surface area (Å²) >= 11 is 0. The lowest BCUT2D eigenvalue weighted by molar-refractivity contribution is -0.132. The molecule has 5 N–H and O–H groups in total. The van der Waals surface area contributed by atoms with Gasteiger partial charge >= 0.3 is 0 Å². The van der Waals surface area contributed by atoms with Gasteiger partial charge in [0.1, 0.15) is 11.7 Å². The molecule has 1 aromatic rings. The summed E-state index contributed by atoms with van der Waals surface area (Å²) in [7, 11) is 0. The zero-order valence-electron chi connectivity index (χ0n) is 13.1. The number of hydrogen-bond donors (Lipinski definition) is 3. The van der Waals surface area contributed by atoms with Crippen molar-refractivity contribution in [2.75, 3.05) is 0 Å². The average Bonchev–Trinajstić information content (AvgIpc) is 2.45. The Kier molecular flexibility index (Phi) is 3.93. The summed E-state index contributed by atoms with van der Waals surface area (Å²) < 4.78 is 13.2. The first-order chi connectivity index (χ1) is 10.9. The van der Waals surface area contributed by atoms with Gasteiger partial charge in [0, 0.05) is 23.2 Å². The summed E-state index contributed by atoms with van der Waals surface area (Å²) in [6.45, 7) is 1.71. The van der Waals surface area contributed by atoms with Gasteiger partial charge in [-0.05, 0) is 43.9 Å². The number of amides is 1. The van der Waals surface area contributed by atoms with E-state index in [0.717, 1.165) is 19.3 Å². The predicted octanol–water partition coefficient (Wildman–Crippen LogP) is 1.84. The Hall–Kier alpha value is -2.21. The van der Waals surface area contributed by atoms with Crippen molar-refractivity contribution in [3.05, 3.63) is 46.9 Å². The molecule has 1 unspecified atom stereocenters. The van der Waals surface area contributed by atoms with Crippen molar-refractivity contribution in [3.8, 4) is 0 Å². The molecule has 2 fully saturated rings. The van der Waals surface area contributed by atoms with E-state index in [1.165, 1.54) is 17.0 Å². The number of carbonyl (C=O) groups excluding carboxylic acids is 1. The summed E-state index contributed by atoms with van der Waals surface area (Å²) in [6.07, 6.45) is 2.83. The molecule has 23 heavy (non-hydrogen) atoms. The molecule has 122 valence electrons. The number of nitrogens with one attached hydrogen (secondary N) is 1. The first-order valence-electron chi connectivity index (χ1n) is 7.81. The number of nitrogens with zero attached hydrogens (tertiary/aromatic N) is 1. The van der Waals surface area contributed by atoms with Gasteiger partial charge in [-0.2, -0.15) is 0 Å². The number of carbonyl (C=O) groups is 1. The van der Waals surface area contributed by atoms with Crippen LogP contribution in [0.15, 0.2) is 35.5 Å². The van der Waals surface area contributed by atoms with Crippen LogP contribution in [0.2, 0.25) is 0 Å². The fraction of sp³-hybridized carbons (Fsp3) is 0.412. The molecule has 2 aliphatic rings. The molecule has 1 amide bonds. The highest BCUT2D eigenvalue weighted by molar-refractivity contribution is 6.12. The summed E-state index contributed by atoms with van der Waals surface area (Å²) in [5.74, 6) is -0.989. The topological polar surface area (TPSA) is 96.2 Å². The van der Waals surface area contributed by atoms with Gasteiger partial charge in [-0.15, -0.1) is 0 Å². The highest BCUT2D eigenvalue weighted by Crippen LogP contribution is 2.38. The molecule has 5 nitrogen and oxygen atoms in total. The maximum absolute atomic E-state index is 13.2. The molecule has 1 aliphatic carbocycles. The number of allylic oxidation sites excluding steroid dienone is 1. The van der Waals surface area contributed by atoms with Crippen LogP contribution in [-0.2, 0) is 4.79 Å². The Labute approximate surface area is 134 Å². The summed E-state index contributed by atoms with van der Waals surface area (Å²) in [5.41, 5.74) is 14.0. The first kappa shape index (κ1) is 15.7. The zero-order valence-corrected chi connectivity index (χ0v) is 13.1. The number of hydrogen-bond acceptors (Lipinski definition) is 4. The maximum Gasteiger partial charge on any atom is 0.246 e. The standard InChI is InChI=1S/C17H21FN4O/c1-9(19)13-14(10-5-7-11(18)8-6-10)15(20)17(23)22(16(13)21)12-3-2-4-12/h5-8,12,14-15,21H,2-4,19-20H2,1H3/t14?,15-/m0/s1. The molecule has 0 aromatic heterocycles. The number of likely N-dealkylation sites (tertiary alicyclic amines) is 1. The Morgan fingerprint density at radius 2 is 1.91 bits per heavy atom. The van der Waals surface area contributed by atoms with E-state index in [-0.39, 0.29) is 23.6 Å². The van der Waals surface area contributed by atoms with Gasteiger partial charge < -0.3 is 11.5 Å². The molecule has 2 atom stereocenters. The van der Waals surface area contributed by atoms with Crippen molar-refractivity contribution in [3.63, 3.8) is 0 Å². The quantitative estimate of drug-likeness (QED) is 0.776. The van der Waals surface area contributed by atoms with Crippen LogP contribution in [0, 0.1) is 11.2 Å². The molecular formula is C17H21FN4O. The van der Waals surface area contributed by atoms with Gasteiger partial charge in [-0.1, -0.05) is 12.1 Å². The van der Waals surface area contributed by atoms with E-state index in [0.29, 0.717) is 16.8 Å². The second kappa shape index (κ2) is 5.77. The SMILES string of the molecule is CC(N)=C1C(=N)N(C2CCC2)C(=O)[C@@H](N)C1c1ccc(F)cc1. The molecule has 1 heterocycles. The van der Waals surface area contributed by atoms with E-state index in [4.69, 9.17) is 16.9 Å². The van der Waals surface area contributed by atoms with E-state index >= 15 is 0 Å². The summed E-state index contributed by atoms with van der Waals surface area (Å²) in [4.78, 5) is 14.2. The van der Waals surface area contributed by atoms with Gasteiger partial charge in [0.2, 0.25) is 5.91 Å². The Balaban J connectivity index is 2.05. The van der Waals surface area contributed by atoms with E-state index in [1.807, 2.05) is 0 Å². The number of piperidine rings is 1. The fourth-order valence-corrected chi connectivity index (χ4v) is 3.35. The highest BCUT2D eigenvalue weighted by Gasteiger charge is 2.46. The fourth-order valence-electron chi connectivity index (χ4n) is 3.35. The van der Waals surface area contributed by atoms with Crippen molar-refractivity contribution < 1.29 is 9.18 Å². The number of benzene rings is 1. The molecular weight excluding hydrogens is 295 g/mol. The van der Waals surface area contributed by atoms with Crippen LogP contribution in [0.3, 0.4) is 0 Å². The van der Waals surface area contributed by atoms with Gasteiger partial charge in [0.25, 0.3) is 0 Å². The van der Waals surface area contributed by atoms with Crippen LogP contribution >= 0.6 is 0 Å². The summed E-state index contributed by atoms with van der Waals surface area (Å²) in [6, 6.07) is 5.09. The minimum absolute atomic E-state index is 0.0459. The van der Waals surface area contributed by atoms with Crippen molar-refractivity contribution in [1.82, 2.24) is 4.90 Å². The molecule has 0 spiro atoms. The number of nitrogens with two attached hydrogens (primary N) is 2. The molecule has 0 radical (unpaired) electrons. The van der Waals surface area contributed by atoms with Crippen molar-refractivity contribution in [2.45, 2.75) is 44.2 Å². The number of rotatable bonds is 2. The number of halogens is 1. The van der Waals surface area contributed by atoms with Crippen LogP contribution in [0.5, 0.6) is 0 Å². The van der Waals surface area contributed by atoms with Crippen LogP contribution in [0.25, 0.3) is 0 Å². The second-order valence-electron chi connectivity index (χ2n) is 6.29. The molecule has 1 saturated heterocycles. The van der Waals surface area contributed by atoms with Gasteiger partial charge in [-0.3, -0.25) is 15.1 Å². The average molecular weight is 316 g/mol. The monoisotopic (exact) mass is 316 g/mol. The van der Waals surface area contributed by atoms with Crippen molar-refractivity contribution >= 4 is 11.7 Å². The largest absolute Gasteiger partial charge is 0.402 e. The third kappa shape index (κ3) is 2.53. The van der Waals surface area contributed by atoms with Crippen LogP contribution < -0.4 is 11.5 Å². The van der Waals surface area contributed by atoms with Crippen LogP contribution in [0.1, 0.15) is 37.7 Å². The molecule has 1 aromatic carbocycles. The molecule has 1 saturated carbocycles. The first-order valence-corrected chi connectivity index (χ1v) is 7.81. The van der Waals surface area contributed by atoms with Crippen molar-refractivity contribution in [2.24, 2.45) is 11.5 Å².